The van der Waals surface area contributed by atoms with Crippen molar-refractivity contribution in [2.45, 2.75) is 31.7 Å². The average molecular weight is 376 g/mol. The summed E-state index contributed by atoms with van der Waals surface area (Å²) in [5.74, 6) is -0.290. The Morgan fingerprint density at radius 3 is 2.68 bits per heavy atom. The molecule has 1 saturated carbocycles. The van der Waals surface area contributed by atoms with E-state index in [1.807, 2.05) is 12.1 Å². The summed E-state index contributed by atoms with van der Waals surface area (Å²) in [6.45, 7) is 0.623. The maximum atomic E-state index is 12.0. The van der Waals surface area contributed by atoms with Crippen molar-refractivity contribution in [3.8, 4) is 17.2 Å². The summed E-state index contributed by atoms with van der Waals surface area (Å²) in [6.07, 6.45) is 4.84. The summed E-state index contributed by atoms with van der Waals surface area (Å²) in [5.41, 5.74) is 2.73. The van der Waals surface area contributed by atoms with Crippen LogP contribution in [0.2, 0.25) is 0 Å². The second-order valence-corrected chi connectivity index (χ2v) is 7.23. The third-order valence-corrected chi connectivity index (χ3v) is 5.26. The van der Waals surface area contributed by atoms with Crippen molar-refractivity contribution in [2.75, 3.05) is 16.8 Å². The molecule has 0 bridgehead atoms. The van der Waals surface area contributed by atoms with E-state index in [4.69, 9.17) is 0 Å². The summed E-state index contributed by atoms with van der Waals surface area (Å²) in [5, 5.41) is 21.9. The second-order valence-electron chi connectivity index (χ2n) is 7.23. The molecule has 2 aliphatic rings. The van der Waals surface area contributed by atoms with Gasteiger partial charge in [0.05, 0.1) is 11.3 Å². The van der Waals surface area contributed by atoms with Crippen molar-refractivity contribution in [1.29, 1.82) is 5.26 Å². The number of rotatable bonds is 5. The van der Waals surface area contributed by atoms with Gasteiger partial charge in [0.1, 0.15) is 17.9 Å². The monoisotopic (exact) mass is 376 g/mol. The van der Waals surface area contributed by atoms with E-state index < -0.39 is 12.0 Å². The van der Waals surface area contributed by atoms with Crippen LogP contribution in [0.4, 0.5) is 11.5 Å². The Kier molecular flexibility index (Phi) is 4.70. The predicted molar refractivity (Wildman–Crippen MR) is 104 cm³/mol. The van der Waals surface area contributed by atoms with Gasteiger partial charge >= 0.3 is 5.97 Å². The van der Waals surface area contributed by atoms with Gasteiger partial charge < -0.3 is 15.3 Å². The Hall–Kier alpha value is -3.40. The highest BCUT2D eigenvalue weighted by molar-refractivity contribution is 5.93. The zero-order chi connectivity index (χ0) is 19.7. The van der Waals surface area contributed by atoms with E-state index in [0.29, 0.717) is 30.0 Å². The first-order valence-electron chi connectivity index (χ1n) is 9.37. The largest absolute Gasteiger partial charge is 0.480 e. The molecular weight excluding hydrogens is 356 g/mol. The molecule has 1 aromatic heterocycles. The summed E-state index contributed by atoms with van der Waals surface area (Å²) in [4.78, 5) is 29.4. The first kappa shape index (κ1) is 18.0. The standard InChI is InChI=1S/C21H20N4O3/c22-12-16-10-14(5-6-17(16)25-9-1-2-18(25)21(27)28)15-7-8-23-19(11-15)24-20(26)13-3-4-13/h5-8,10-11,13,18H,1-4,9H2,(H,27,28)(H,23,24,26)/t18-/m0/s1. The number of hydrogen-bond donors (Lipinski definition) is 2. The Morgan fingerprint density at radius 1 is 1.18 bits per heavy atom. The lowest BCUT2D eigenvalue weighted by Gasteiger charge is -2.25. The van der Waals surface area contributed by atoms with Crippen molar-refractivity contribution in [3.05, 3.63) is 42.1 Å². The van der Waals surface area contributed by atoms with Gasteiger partial charge in [-0.25, -0.2) is 9.78 Å². The SMILES string of the molecule is N#Cc1cc(-c2ccnc(NC(=O)C3CC3)c2)ccc1N1CCC[C@H]1C(=O)O. The lowest BCUT2D eigenvalue weighted by Crippen LogP contribution is -2.36. The molecule has 1 saturated heterocycles. The fourth-order valence-electron chi connectivity index (χ4n) is 3.62. The number of pyridine rings is 1. The molecule has 7 nitrogen and oxygen atoms in total. The van der Waals surface area contributed by atoms with Crippen LogP contribution in [0, 0.1) is 17.2 Å². The normalized spacial score (nSPS) is 18.5. The first-order valence-corrected chi connectivity index (χ1v) is 9.37. The van der Waals surface area contributed by atoms with E-state index in [0.717, 1.165) is 30.4 Å². The molecule has 7 heteroatoms. The van der Waals surface area contributed by atoms with Crippen LogP contribution in [-0.4, -0.2) is 34.6 Å². The van der Waals surface area contributed by atoms with Gasteiger partial charge in [-0.15, -0.1) is 0 Å². The number of anilines is 2. The van der Waals surface area contributed by atoms with Gasteiger partial charge in [0.2, 0.25) is 5.91 Å². The van der Waals surface area contributed by atoms with Gasteiger partial charge in [-0.1, -0.05) is 6.07 Å². The van der Waals surface area contributed by atoms with Crippen molar-refractivity contribution in [3.63, 3.8) is 0 Å². The summed E-state index contributed by atoms with van der Waals surface area (Å²) in [7, 11) is 0. The number of carboxylic acids is 1. The molecule has 1 aromatic carbocycles. The molecule has 4 rings (SSSR count). The molecule has 1 aliphatic carbocycles. The number of nitrogens with one attached hydrogen (secondary N) is 1. The van der Waals surface area contributed by atoms with Crippen LogP contribution in [0.25, 0.3) is 11.1 Å². The van der Waals surface area contributed by atoms with Gasteiger partial charge in [0.25, 0.3) is 0 Å². The minimum atomic E-state index is -0.865. The highest BCUT2D eigenvalue weighted by Gasteiger charge is 2.32. The van der Waals surface area contributed by atoms with Crippen molar-refractivity contribution < 1.29 is 14.7 Å². The molecule has 1 aliphatic heterocycles. The van der Waals surface area contributed by atoms with E-state index >= 15 is 0 Å². The predicted octanol–water partition coefficient (Wildman–Crippen LogP) is 3.02. The number of amides is 1. The molecule has 2 N–H and O–H groups in total. The van der Waals surface area contributed by atoms with Gasteiger partial charge in [-0.05, 0) is 61.1 Å². The summed E-state index contributed by atoms with van der Waals surface area (Å²) in [6, 6.07) is 10.6. The van der Waals surface area contributed by atoms with Gasteiger partial charge in [0, 0.05) is 18.7 Å². The molecule has 0 radical (unpaired) electrons. The fourth-order valence-corrected chi connectivity index (χ4v) is 3.62. The van der Waals surface area contributed by atoms with Crippen LogP contribution < -0.4 is 10.2 Å². The van der Waals surface area contributed by atoms with Crippen LogP contribution >= 0.6 is 0 Å². The van der Waals surface area contributed by atoms with Gasteiger partial charge in [-0.2, -0.15) is 5.26 Å². The average Bonchev–Trinajstić information content (AvgIpc) is 3.44. The van der Waals surface area contributed by atoms with Crippen molar-refractivity contribution in [1.82, 2.24) is 4.98 Å². The lowest BCUT2D eigenvalue weighted by atomic mass is 10.0. The Balaban J connectivity index is 1.62. The second kappa shape index (κ2) is 7.31. The van der Waals surface area contributed by atoms with Crippen molar-refractivity contribution >= 4 is 23.4 Å². The van der Waals surface area contributed by atoms with Crippen molar-refractivity contribution in [2.24, 2.45) is 5.92 Å². The maximum Gasteiger partial charge on any atom is 0.326 e. The number of aliphatic carboxylic acids is 1. The third-order valence-electron chi connectivity index (χ3n) is 5.26. The number of hydrogen-bond acceptors (Lipinski definition) is 5. The molecular formula is C21H20N4O3. The Morgan fingerprint density at radius 2 is 1.96 bits per heavy atom. The van der Waals surface area contributed by atoms with E-state index in [1.54, 1.807) is 29.3 Å². The Bertz CT molecular complexity index is 978. The van der Waals surface area contributed by atoms with E-state index in [9.17, 15) is 20.0 Å². The maximum absolute atomic E-state index is 12.0. The number of benzene rings is 1. The molecule has 1 atom stereocenters. The first-order chi connectivity index (χ1) is 13.6. The van der Waals surface area contributed by atoms with E-state index in [-0.39, 0.29) is 11.8 Å². The highest BCUT2D eigenvalue weighted by atomic mass is 16.4. The lowest BCUT2D eigenvalue weighted by molar-refractivity contribution is -0.138. The van der Waals surface area contributed by atoms with Crippen LogP contribution in [0.1, 0.15) is 31.2 Å². The molecule has 142 valence electrons. The molecule has 2 heterocycles. The third kappa shape index (κ3) is 3.54. The summed E-state index contributed by atoms with van der Waals surface area (Å²) < 4.78 is 0. The molecule has 2 aromatic rings. The highest BCUT2D eigenvalue weighted by Crippen LogP contribution is 2.33. The molecule has 0 spiro atoms. The van der Waals surface area contributed by atoms with E-state index in [2.05, 4.69) is 16.4 Å². The van der Waals surface area contributed by atoms with Crippen LogP contribution in [0.15, 0.2) is 36.5 Å². The van der Waals surface area contributed by atoms with E-state index in [1.165, 1.54) is 0 Å². The Labute approximate surface area is 162 Å². The number of carbonyl (C=O) groups is 2. The fraction of sp³-hybridized carbons (Fsp3) is 0.333. The van der Waals surface area contributed by atoms with Gasteiger partial charge in [-0.3, -0.25) is 4.79 Å². The number of carboxylic acid groups (broad SMARTS) is 1. The number of carbonyl (C=O) groups excluding carboxylic acids is 1. The summed E-state index contributed by atoms with van der Waals surface area (Å²) >= 11 is 0. The molecule has 1 amide bonds. The zero-order valence-corrected chi connectivity index (χ0v) is 15.3. The number of nitriles is 1. The van der Waals surface area contributed by atoms with Crippen LogP contribution in [0.3, 0.4) is 0 Å². The van der Waals surface area contributed by atoms with Crippen LogP contribution in [-0.2, 0) is 9.59 Å². The molecule has 28 heavy (non-hydrogen) atoms. The number of aromatic nitrogens is 1. The van der Waals surface area contributed by atoms with Gasteiger partial charge in [0.15, 0.2) is 0 Å². The number of nitrogens with zero attached hydrogens (tertiary/aromatic N) is 3. The minimum Gasteiger partial charge on any atom is -0.480 e. The zero-order valence-electron chi connectivity index (χ0n) is 15.3. The quantitative estimate of drug-likeness (QED) is 0.831. The minimum absolute atomic E-state index is 0.00791. The van der Waals surface area contributed by atoms with Crippen LogP contribution in [0.5, 0.6) is 0 Å². The molecule has 2 fully saturated rings. The topological polar surface area (TPSA) is 106 Å². The smallest absolute Gasteiger partial charge is 0.326 e. The molecule has 0 unspecified atom stereocenters.